The first kappa shape index (κ1) is 17.5. The predicted molar refractivity (Wildman–Crippen MR) is 78.8 cm³/mol. The molecule has 0 aliphatic rings. The van der Waals surface area contributed by atoms with Gasteiger partial charge in [0.1, 0.15) is 5.82 Å². The van der Waals surface area contributed by atoms with Crippen LogP contribution < -0.4 is 10.6 Å². The van der Waals surface area contributed by atoms with Crippen LogP contribution >= 0.6 is 0 Å². The average Bonchev–Trinajstić information content (AvgIpc) is 2.54. The third kappa shape index (κ3) is 4.55. The molecule has 0 heterocycles. The second-order valence-corrected chi connectivity index (χ2v) is 4.79. The maximum atomic E-state index is 13.4. The van der Waals surface area contributed by atoms with Gasteiger partial charge in [-0.25, -0.2) is 4.39 Å². The Morgan fingerprint density at radius 3 is 2.38 bits per heavy atom. The molecule has 0 radical (unpaired) electrons. The number of para-hydroxylation sites is 1. The van der Waals surface area contributed by atoms with E-state index in [9.17, 15) is 27.2 Å². The van der Waals surface area contributed by atoms with Gasteiger partial charge in [-0.15, -0.1) is 0 Å². The van der Waals surface area contributed by atoms with Gasteiger partial charge in [0.15, 0.2) is 0 Å². The van der Waals surface area contributed by atoms with E-state index in [1.807, 2.05) is 0 Å². The quantitative estimate of drug-likeness (QED) is 0.840. The number of alkyl halides is 3. The number of hydrogen-bond donors (Lipinski definition) is 2. The number of benzene rings is 2. The molecule has 0 unspecified atom stereocenters. The molecule has 0 aromatic heterocycles. The molecule has 0 bridgehead atoms. The predicted octanol–water partition coefficient (Wildman–Crippen LogP) is 3.21. The lowest BCUT2D eigenvalue weighted by molar-refractivity contribution is -0.137. The van der Waals surface area contributed by atoms with Crippen LogP contribution in [0.25, 0.3) is 0 Å². The fraction of sp³-hybridized carbons (Fsp3) is 0.125. The number of amides is 2. The molecule has 126 valence electrons. The van der Waals surface area contributed by atoms with Crippen LogP contribution in [0.4, 0.5) is 23.2 Å². The zero-order valence-corrected chi connectivity index (χ0v) is 12.2. The van der Waals surface area contributed by atoms with E-state index in [0.717, 1.165) is 18.2 Å². The van der Waals surface area contributed by atoms with Crippen molar-refractivity contribution >= 4 is 17.5 Å². The van der Waals surface area contributed by atoms with E-state index in [1.165, 1.54) is 24.3 Å². The van der Waals surface area contributed by atoms with Crippen molar-refractivity contribution in [3.63, 3.8) is 0 Å². The number of halogens is 4. The third-order valence-electron chi connectivity index (χ3n) is 3.01. The van der Waals surface area contributed by atoms with E-state index in [1.54, 1.807) is 0 Å². The highest BCUT2D eigenvalue weighted by Gasteiger charge is 2.30. The van der Waals surface area contributed by atoms with Crippen LogP contribution in [0.1, 0.15) is 15.9 Å². The van der Waals surface area contributed by atoms with Crippen molar-refractivity contribution in [3.05, 3.63) is 65.5 Å². The Morgan fingerprint density at radius 2 is 1.71 bits per heavy atom. The highest BCUT2D eigenvalue weighted by Crippen LogP contribution is 2.29. The minimum Gasteiger partial charge on any atom is -0.343 e. The van der Waals surface area contributed by atoms with Crippen LogP contribution in [-0.4, -0.2) is 18.4 Å². The Kier molecular flexibility index (Phi) is 5.18. The monoisotopic (exact) mass is 340 g/mol. The number of nitrogens with one attached hydrogen (secondary N) is 2. The molecular weight excluding hydrogens is 328 g/mol. The lowest BCUT2D eigenvalue weighted by Gasteiger charge is -2.10. The molecule has 0 spiro atoms. The molecule has 2 amide bonds. The zero-order chi connectivity index (χ0) is 17.7. The maximum absolute atomic E-state index is 13.4. The summed E-state index contributed by atoms with van der Waals surface area (Å²) in [6.07, 6.45) is -4.57. The molecule has 0 aliphatic heterocycles. The standard InChI is InChI=1S/C16H12F4N2O2/c17-12-6-1-2-7-13(12)22-14(23)9-21-15(24)10-4-3-5-11(8-10)16(18,19)20/h1-8H,9H2,(H,21,24)(H,22,23). The van der Waals surface area contributed by atoms with Gasteiger partial charge in [-0.05, 0) is 30.3 Å². The number of carbonyl (C=O) groups is 2. The van der Waals surface area contributed by atoms with E-state index in [2.05, 4.69) is 10.6 Å². The Labute approximate surface area is 134 Å². The number of anilines is 1. The summed E-state index contributed by atoms with van der Waals surface area (Å²) in [5.74, 6) is -2.19. The molecule has 2 aromatic rings. The summed E-state index contributed by atoms with van der Waals surface area (Å²) in [6.45, 7) is -0.511. The Morgan fingerprint density at radius 1 is 1.00 bits per heavy atom. The summed E-state index contributed by atoms with van der Waals surface area (Å²) >= 11 is 0. The van der Waals surface area contributed by atoms with Crippen LogP contribution in [-0.2, 0) is 11.0 Å². The topological polar surface area (TPSA) is 58.2 Å². The van der Waals surface area contributed by atoms with Crippen LogP contribution in [0.15, 0.2) is 48.5 Å². The number of carbonyl (C=O) groups excluding carboxylic acids is 2. The second kappa shape index (κ2) is 7.12. The normalized spacial score (nSPS) is 11.0. The number of hydrogen-bond acceptors (Lipinski definition) is 2. The summed E-state index contributed by atoms with van der Waals surface area (Å²) in [4.78, 5) is 23.5. The van der Waals surface area contributed by atoms with Gasteiger partial charge in [-0.2, -0.15) is 13.2 Å². The maximum Gasteiger partial charge on any atom is 0.416 e. The highest BCUT2D eigenvalue weighted by atomic mass is 19.4. The summed E-state index contributed by atoms with van der Waals surface area (Å²) < 4.78 is 51.1. The second-order valence-electron chi connectivity index (χ2n) is 4.79. The minimum absolute atomic E-state index is 0.0594. The molecule has 2 aromatic carbocycles. The molecule has 2 rings (SSSR count). The first-order valence-corrected chi connectivity index (χ1v) is 6.77. The van der Waals surface area contributed by atoms with Gasteiger partial charge >= 0.3 is 6.18 Å². The van der Waals surface area contributed by atoms with Crippen molar-refractivity contribution < 1.29 is 27.2 Å². The van der Waals surface area contributed by atoms with Gasteiger partial charge in [-0.3, -0.25) is 9.59 Å². The molecule has 0 saturated heterocycles. The zero-order valence-electron chi connectivity index (χ0n) is 12.2. The molecule has 0 saturated carbocycles. The van der Waals surface area contributed by atoms with Gasteiger partial charge in [-0.1, -0.05) is 18.2 Å². The smallest absolute Gasteiger partial charge is 0.343 e. The first-order valence-electron chi connectivity index (χ1n) is 6.77. The molecule has 0 aliphatic carbocycles. The van der Waals surface area contributed by atoms with Crippen molar-refractivity contribution in [2.45, 2.75) is 6.18 Å². The lowest BCUT2D eigenvalue weighted by atomic mass is 10.1. The summed E-state index contributed by atoms with van der Waals surface area (Å²) in [7, 11) is 0. The van der Waals surface area contributed by atoms with Crippen molar-refractivity contribution in [2.24, 2.45) is 0 Å². The minimum atomic E-state index is -4.57. The first-order chi connectivity index (χ1) is 11.3. The SMILES string of the molecule is O=C(CNC(=O)c1cccc(C(F)(F)F)c1)Nc1ccccc1F. The van der Waals surface area contributed by atoms with Gasteiger partial charge < -0.3 is 10.6 Å². The summed E-state index contributed by atoms with van der Waals surface area (Å²) in [5.41, 5.74) is -1.26. The molecule has 0 atom stereocenters. The van der Waals surface area contributed by atoms with E-state index in [0.29, 0.717) is 6.07 Å². The van der Waals surface area contributed by atoms with Gasteiger partial charge in [0, 0.05) is 5.56 Å². The van der Waals surface area contributed by atoms with Crippen LogP contribution in [0.3, 0.4) is 0 Å². The lowest BCUT2D eigenvalue weighted by Crippen LogP contribution is -2.33. The molecular formula is C16H12F4N2O2. The average molecular weight is 340 g/mol. The Balaban J connectivity index is 1.96. The fourth-order valence-corrected chi connectivity index (χ4v) is 1.86. The van der Waals surface area contributed by atoms with E-state index < -0.39 is 35.9 Å². The fourth-order valence-electron chi connectivity index (χ4n) is 1.86. The van der Waals surface area contributed by atoms with Crippen molar-refractivity contribution in [1.29, 1.82) is 0 Å². The van der Waals surface area contributed by atoms with Gasteiger partial charge in [0.05, 0.1) is 17.8 Å². The van der Waals surface area contributed by atoms with Gasteiger partial charge in [0.2, 0.25) is 5.91 Å². The largest absolute Gasteiger partial charge is 0.416 e. The molecule has 24 heavy (non-hydrogen) atoms. The van der Waals surface area contributed by atoms with E-state index >= 15 is 0 Å². The van der Waals surface area contributed by atoms with Gasteiger partial charge in [0.25, 0.3) is 5.91 Å². The van der Waals surface area contributed by atoms with Crippen molar-refractivity contribution in [3.8, 4) is 0 Å². The molecule has 0 fully saturated rings. The molecule has 2 N–H and O–H groups in total. The highest BCUT2D eigenvalue weighted by molar-refractivity contribution is 5.99. The van der Waals surface area contributed by atoms with Crippen molar-refractivity contribution in [2.75, 3.05) is 11.9 Å². The number of rotatable bonds is 4. The van der Waals surface area contributed by atoms with Crippen LogP contribution in [0, 0.1) is 5.82 Å². The molecule has 8 heteroatoms. The summed E-state index contributed by atoms with van der Waals surface area (Å²) in [6, 6.07) is 9.25. The molecule has 4 nitrogen and oxygen atoms in total. The van der Waals surface area contributed by atoms with Crippen LogP contribution in [0.5, 0.6) is 0 Å². The Bertz CT molecular complexity index is 760. The van der Waals surface area contributed by atoms with E-state index in [-0.39, 0.29) is 11.3 Å². The van der Waals surface area contributed by atoms with E-state index in [4.69, 9.17) is 0 Å². The van der Waals surface area contributed by atoms with Crippen LogP contribution in [0.2, 0.25) is 0 Å². The summed E-state index contributed by atoms with van der Waals surface area (Å²) in [5, 5.41) is 4.42. The third-order valence-corrected chi connectivity index (χ3v) is 3.01. The Hall–Kier alpha value is -2.90. The van der Waals surface area contributed by atoms with Crippen molar-refractivity contribution in [1.82, 2.24) is 5.32 Å².